The Morgan fingerprint density at radius 2 is 1.81 bits per heavy atom. The highest BCUT2D eigenvalue weighted by Crippen LogP contribution is 2.39. The van der Waals surface area contributed by atoms with Crippen molar-refractivity contribution in [2.75, 3.05) is 0 Å². The van der Waals surface area contributed by atoms with E-state index in [-0.39, 0.29) is 0 Å². The molecule has 0 saturated carbocycles. The van der Waals surface area contributed by atoms with Gasteiger partial charge in [-0.15, -0.1) is 0 Å². The molecule has 0 fully saturated rings. The number of hydrogen-bond donors (Lipinski definition) is 1. The van der Waals surface area contributed by atoms with Crippen LogP contribution in [-0.4, -0.2) is 11.1 Å². The summed E-state index contributed by atoms with van der Waals surface area (Å²) in [6.07, 6.45) is 3.27. The van der Waals surface area contributed by atoms with Crippen LogP contribution in [0.15, 0.2) is 83.3 Å². The molecule has 0 radical (unpaired) electrons. The van der Waals surface area contributed by atoms with Crippen molar-refractivity contribution in [1.82, 2.24) is 0 Å². The summed E-state index contributed by atoms with van der Waals surface area (Å²) in [5.74, 6) is -0.720. The number of halogens is 2. The molecule has 1 heterocycles. The molecule has 5 heteroatoms. The predicted octanol–water partition coefficient (Wildman–Crippen LogP) is 7.69. The molecule has 32 heavy (non-hydrogen) atoms. The minimum atomic E-state index is -1.00. The smallest absolute Gasteiger partial charge is 0.328 e. The lowest BCUT2D eigenvalue weighted by Crippen LogP contribution is -1.95. The summed E-state index contributed by atoms with van der Waals surface area (Å²) < 4.78 is 19.9. The van der Waals surface area contributed by atoms with Gasteiger partial charge in [0.1, 0.15) is 17.2 Å². The van der Waals surface area contributed by atoms with Gasteiger partial charge < -0.3 is 9.52 Å². The molecule has 0 atom stereocenters. The number of furan rings is 1. The van der Waals surface area contributed by atoms with E-state index in [1.165, 1.54) is 18.2 Å². The highest BCUT2D eigenvalue weighted by atomic mass is 35.5. The SMILES string of the molecule is CCC(=C(c1ccc(C=CC(=O)O)cc1)c1cc2ccccc2o1)c1ccc(F)cc1Cl. The van der Waals surface area contributed by atoms with Crippen molar-refractivity contribution in [3.63, 3.8) is 0 Å². The summed E-state index contributed by atoms with van der Waals surface area (Å²) in [6, 6.07) is 21.6. The number of rotatable bonds is 6. The van der Waals surface area contributed by atoms with E-state index in [9.17, 15) is 9.18 Å². The van der Waals surface area contributed by atoms with Crippen molar-refractivity contribution in [3.05, 3.63) is 112 Å². The van der Waals surface area contributed by atoms with Crippen molar-refractivity contribution >= 4 is 45.8 Å². The Morgan fingerprint density at radius 3 is 2.47 bits per heavy atom. The van der Waals surface area contributed by atoms with Gasteiger partial charge in [0.25, 0.3) is 0 Å². The van der Waals surface area contributed by atoms with Gasteiger partial charge in [0.05, 0.1) is 5.02 Å². The van der Waals surface area contributed by atoms with Gasteiger partial charge in [0.2, 0.25) is 0 Å². The Labute approximate surface area is 190 Å². The first-order valence-electron chi connectivity index (χ1n) is 10.1. The van der Waals surface area contributed by atoms with E-state index in [1.54, 1.807) is 6.07 Å². The van der Waals surface area contributed by atoms with E-state index in [0.717, 1.165) is 44.9 Å². The van der Waals surface area contributed by atoms with Crippen LogP contribution >= 0.6 is 11.6 Å². The summed E-state index contributed by atoms with van der Waals surface area (Å²) in [7, 11) is 0. The van der Waals surface area contributed by atoms with Crippen LogP contribution in [0.1, 0.15) is 35.8 Å². The monoisotopic (exact) mass is 446 g/mol. The first-order valence-corrected chi connectivity index (χ1v) is 10.5. The second-order valence-corrected chi connectivity index (χ2v) is 7.68. The molecule has 1 aromatic heterocycles. The highest BCUT2D eigenvalue weighted by Gasteiger charge is 2.19. The van der Waals surface area contributed by atoms with E-state index in [2.05, 4.69) is 0 Å². The molecule has 160 valence electrons. The zero-order chi connectivity index (χ0) is 22.7. The van der Waals surface area contributed by atoms with Crippen LogP contribution in [0.3, 0.4) is 0 Å². The Bertz CT molecular complexity index is 1310. The molecule has 3 aromatic carbocycles. The maximum absolute atomic E-state index is 13.7. The first kappa shape index (κ1) is 21.6. The van der Waals surface area contributed by atoms with Crippen molar-refractivity contribution in [2.45, 2.75) is 13.3 Å². The number of aliphatic carboxylic acids is 1. The fourth-order valence-electron chi connectivity index (χ4n) is 3.73. The first-order chi connectivity index (χ1) is 15.5. The van der Waals surface area contributed by atoms with E-state index >= 15 is 0 Å². The van der Waals surface area contributed by atoms with Crippen molar-refractivity contribution in [2.24, 2.45) is 0 Å². The summed E-state index contributed by atoms with van der Waals surface area (Å²) in [5, 5.41) is 10.2. The maximum Gasteiger partial charge on any atom is 0.328 e. The number of carbonyl (C=O) groups is 1. The Balaban J connectivity index is 1.93. The predicted molar refractivity (Wildman–Crippen MR) is 127 cm³/mol. The van der Waals surface area contributed by atoms with Gasteiger partial charge >= 0.3 is 5.97 Å². The number of carboxylic acids is 1. The second kappa shape index (κ2) is 9.25. The molecule has 0 unspecified atom stereocenters. The summed E-state index contributed by atoms with van der Waals surface area (Å²) in [6.45, 7) is 2.02. The van der Waals surface area contributed by atoms with Crippen LogP contribution in [0.5, 0.6) is 0 Å². The molecule has 4 rings (SSSR count). The minimum Gasteiger partial charge on any atom is -0.478 e. The van der Waals surface area contributed by atoms with Gasteiger partial charge in [0, 0.05) is 17.0 Å². The molecule has 1 N–H and O–H groups in total. The van der Waals surface area contributed by atoms with Crippen molar-refractivity contribution in [1.29, 1.82) is 0 Å². The topological polar surface area (TPSA) is 50.4 Å². The Morgan fingerprint density at radius 1 is 1.06 bits per heavy atom. The second-order valence-electron chi connectivity index (χ2n) is 7.27. The summed E-state index contributed by atoms with van der Waals surface area (Å²) in [5.41, 5.74) is 4.92. The molecule has 0 bridgehead atoms. The van der Waals surface area contributed by atoms with Crippen LogP contribution in [0.2, 0.25) is 5.02 Å². The maximum atomic E-state index is 13.7. The van der Waals surface area contributed by atoms with Crippen LogP contribution in [0.25, 0.3) is 28.2 Å². The average Bonchev–Trinajstić information content (AvgIpc) is 3.20. The molecule has 0 spiro atoms. The van der Waals surface area contributed by atoms with Crippen molar-refractivity contribution < 1.29 is 18.7 Å². The Kier molecular flexibility index (Phi) is 6.24. The Hall–Kier alpha value is -3.63. The number of hydrogen-bond acceptors (Lipinski definition) is 2. The molecule has 0 aliphatic carbocycles. The lowest BCUT2D eigenvalue weighted by molar-refractivity contribution is -0.131. The number of allylic oxidation sites excluding steroid dienone is 1. The van der Waals surface area contributed by atoms with E-state index in [4.69, 9.17) is 21.1 Å². The van der Waals surface area contributed by atoms with Gasteiger partial charge in [-0.3, -0.25) is 0 Å². The largest absolute Gasteiger partial charge is 0.478 e. The third-order valence-electron chi connectivity index (χ3n) is 5.20. The quantitative estimate of drug-likeness (QED) is 0.244. The van der Waals surface area contributed by atoms with Crippen LogP contribution in [-0.2, 0) is 4.79 Å². The van der Waals surface area contributed by atoms with Crippen molar-refractivity contribution in [3.8, 4) is 0 Å². The third kappa shape index (κ3) is 4.51. The standard InChI is InChI=1S/C27H20ClFO3/c1-2-21(22-13-12-20(29)16-23(22)28)27(25-15-19-5-3-4-6-24(19)32-25)18-10-7-17(8-11-18)9-14-26(30)31/h3-16H,2H2,1H3,(H,30,31). The van der Waals surface area contributed by atoms with E-state index < -0.39 is 11.8 Å². The number of fused-ring (bicyclic) bond motifs is 1. The highest BCUT2D eigenvalue weighted by molar-refractivity contribution is 6.32. The zero-order valence-electron chi connectivity index (χ0n) is 17.3. The number of carboxylic acid groups (broad SMARTS) is 1. The molecular formula is C27H20ClFO3. The zero-order valence-corrected chi connectivity index (χ0v) is 18.1. The lowest BCUT2D eigenvalue weighted by Gasteiger charge is -2.15. The summed E-state index contributed by atoms with van der Waals surface area (Å²) >= 11 is 6.43. The fraction of sp³-hybridized carbons (Fsp3) is 0.0741. The van der Waals surface area contributed by atoms with Crippen LogP contribution in [0.4, 0.5) is 4.39 Å². The van der Waals surface area contributed by atoms with E-state index in [1.807, 2.05) is 61.5 Å². The third-order valence-corrected chi connectivity index (χ3v) is 5.51. The van der Waals surface area contributed by atoms with Gasteiger partial charge in [-0.2, -0.15) is 0 Å². The normalized spacial score (nSPS) is 12.3. The molecule has 4 aromatic rings. The minimum absolute atomic E-state index is 0.330. The summed E-state index contributed by atoms with van der Waals surface area (Å²) in [4.78, 5) is 10.8. The van der Waals surface area contributed by atoms with Gasteiger partial charge in [0.15, 0.2) is 0 Å². The molecule has 0 saturated heterocycles. The van der Waals surface area contributed by atoms with Gasteiger partial charge in [-0.25, -0.2) is 9.18 Å². The number of para-hydroxylation sites is 1. The van der Waals surface area contributed by atoms with Crippen LogP contribution in [0, 0.1) is 5.82 Å². The molecule has 3 nitrogen and oxygen atoms in total. The fourth-order valence-corrected chi connectivity index (χ4v) is 4.02. The molecule has 0 aliphatic rings. The van der Waals surface area contributed by atoms with E-state index in [0.29, 0.717) is 17.2 Å². The van der Waals surface area contributed by atoms with Crippen LogP contribution < -0.4 is 0 Å². The van der Waals surface area contributed by atoms with Gasteiger partial charge in [-0.05, 0) is 59.0 Å². The molecule has 0 aliphatic heterocycles. The molecular weight excluding hydrogens is 427 g/mol. The average molecular weight is 447 g/mol. The number of benzene rings is 3. The lowest BCUT2D eigenvalue weighted by atomic mass is 9.90. The molecule has 0 amide bonds. The van der Waals surface area contributed by atoms with Gasteiger partial charge in [-0.1, -0.05) is 67.1 Å².